The maximum absolute atomic E-state index is 12.4. The summed E-state index contributed by atoms with van der Waals surface area (Å²) < 4.78 is 7.83. The number of ether oxygens (including phenoxy) is 1. The molecule has 1 saturated carbocycles. The number of aromatic nitrogens is 4. The Bertz CT molecular complexity index is 1160. The van der Waals surface area contributed by atoms with Crippen LogP contribution in [0.2, 0.25) is 0 Å². The number of H-pyrrole nitrogens is 2. The Kier molecular flexibility index (Phi) is 3.38. The molecule has 0 spiro atoms. The number of nitrogens with one attached hydrogen (secondary N) is 2. The molecular weight excluding hydrogens is 328 g/mol. The van der Waals surface area contributed by atoms with Gasteiger partial charge in [0.05, 0.1) is 24.0 Å². The summed E-state index contributed by atoms with van der Waals surface area (Å²) in [4.78, 5) is 23.0. The molecule has 0 saturated heterocycles. The molecule has 5 rings (SSSR count). The third kappa shape index (κ3) is 2.33. The predicted octanol–water partition coefficient (Wildman–Crippen LogP) is 3.59. The molecule has 0 unspecified atom stereocenters. The van der Waals surface area contributed by atoms with E-state index in [0.717, 1.165) is 39.9 Å². The summed E-state index contributed by atoms with van der Waals surface area (Å²) in [6.07, 6.45) is 9.15. The van der Waals surface area contributed by atoms with Crippen LogP contribution in [0, 0.1) is 5.92 Å². The lowest BCUT2D eigenvalue weighted by molar-refractivity contribution is 0.181. The van der Waals surface area contributed by atoms with Crippen LogP contribution in [0.5, 0.6) is 5.75 Å². The van der Waals surface area contributed by atoms with Crippen LogP contribution in [0.1, 0.15) is 19.3 Å². The number of imidazole rings is 1. The van der Waals surface area contributed by atoms with Crippen molar-refractivity contribution in [3.05, 3.63) is 47.3 Å². The lowest BCUT2D eigenvalue weighted by Gasteiger charge is -2.25. The Morgan fingerprint density at radius 3 is 2.96 bits per heavy atom. The Labute approximate surface area is 149 Å². The first-order valence-electron chi connectivity index (χ1n) is 8.98. The average molecular weight is 348 g/mol. The van der Waals surface area contributed by atoms with Gasteiger partial charge in [-0.05, 0) is 30.9 Å². The zero-order valence-corrected chi connectivity index (χ0v) is 14.6. The third-order valence-corrected chi connectivity index (χ3v) is 5.41. The van der Waals surface area contributed by atoms with E-state index in [4.69, 9.17) is 4.74 Å². The lowest BCUT2D eigenvalue weighted by Crippen LogP contribution is -2.19. The number of aromatic amines is 2. The van der Waals surface area contributed by atoms with E-state index in [1.807, 2.05) is 18.3 Å². The fourth-order valence-corrected chi connectivity index (χ4v) is 3.64. The molecular formula is C20H20N4O2. The summed E-state index contributed by atoms with van der Waals surface area (Å²) in [5, 5.41) is 0.903. The normalized spacial score (nSPS) is 14.8. The number of benzene rings is 1. The van der Waals surface area contributed by atoms with E-state index < -0.39 is 0 Å². The van der Waals surface area contributed by atoms with Gasteiger partial charge in [0, 0.05) is 42.0 Å². The van der Waals surface area contributed by atoms with Crippen LogP contribution >= 0.6 is 0 Å². The second-order valence-corrected chi connectivity index (χ2v) is 7.10. The van der Waals surface area contributed by atoms with Crippen molar-refractivity contribution in [1.29, 1.82) is 0 Å². The smallest absolute Gasteiger partial charge is 0.274 e. The third-order valence-electron chi connectivity index (χ3n) is 5.41. The minimum Gasteiger partial charge on any atom is -0.493 e. The molecule has 0 bridgehead atoms. The molecule has 0 radical (unpaired) electrons. The number of fused-ring (bicyclic) bond motifs is 2. The van der Waals surface area contributed by atoms with Gasteiger partial charge in [-0.1, -0.05) is 6.42 Å². The van der Waals surface area contributed by atoms with Crippen LogP contribution in [0.15, 0.2) is 41.7 Å². The zero-order valence-electron chi connectivity index (χ0n) is 14.6. The Morgan fingerprint density at radius 1 is 1.27 bits per heavy atom. The average Bonchev–Trinajstić information content (AvgIpc) is 3.25. The summed E-state index contributed by atoms with van der Waals surface area (Å²) in [7, 11) is 1.77. The molecule has 6 heteroatoms. The van der Waals surface area contributed by atoms with E-state index in [0.29, 0.717) is 11.4 Å². The van der Waals surface area contributed by atoms with Crippen molar-refractivity contribution in [2.75, 3.05) is 6.61 Å². The standard InChI is InChI=1S/C20H20N4O2/c1-24-9-15(13-5-6-21-19(13)20(24)25)14-7-16-17(23-11-22-16)8-18(14)26-10-12-3-2-4-12/h5-9,11-12,21H,2-4,10H2,1H3,(H,22,23). The number of pyridine rings is 1. The number of aryl methyl sites for hydroxylation is 1. The van der Waals surface area contributed by atoms with Gasteiger partial charge in [0.25, 0.3) is 5.56 Å². The number of nitrogens with zero attached hydrogens (tertiary/aromatic N) is 2. The molecule has 3 aromatic heterocycles. The predicted molar refractivity (Wildman–Crippen MR) is 101 cm³/mol. The second kappa shape index (κ2) is 5.76. The van der Waals surface area contributed by atoms with Crippen molar-refractivity contribution < 1.29 is 4.74 Å². The number of rotatable bonds is 4. The van der Waals surface area contributed by atoms with E-state index in [1.165, 1.54) is 19.3 Å². The van der Waals surface area contributed by atoms with Crippen LogP contribution in [-0.4, -0.2) is 26.1 Å². The Morgan fingerprint density at radius 2 is 2.15 bits per heavy atom. The highest BCUT2D eigenvalue weighted by molar-refractivity contribution is 5.98. The van der Waals surface area contributed by atoms with E-state index in [1.54, 1.807) is 24.1 Å². The van der Waals surface area contributed by atoms with Crippen molar-refractivity contribution in [2.45, 2.75) is 19.3 Å². The molecule has 1 aliphatic rings. The van der Waals surface area contributed by atoms with Gasteiger partial charge < -0.3 is 19.3 Å². The molecule has 0 atom stereocenters. The summed E-state index contributed by atoms with van der Waals surface area (Å²) in [6.45, 7) is 0.727. The SMILES string of the molecule is Cn1cc(-c2cc3[nH]cnc3cc2OCC2CCC2)c2cc[nH]c2c1=O. The summed E-state index contributed by atoms with van der Waals surface area (Å²) in [5.41, 5.74) is 4.36. The van der Waals surface area contributed by atoms with Gasteiger partial charge >= 0.3 is 0 Å². The summed E-state index contributed by atoms with van der Waals surface area (Å²) in [5.74, 6) is 1.46. The molecule has 1 aromatic carbocycles. The van der Waals surface area contributed by atoms with E-state index >= 15 is 0 Å². The van der Waals surface area contributed by atoms with Gasteiger partial charge in [-0.15, -0.1) is 0 Å². The molecule has 0 amide bonds. The maximum Gasteiger partial charge on any atom is 0.274 e. The minimum absolute atomic E-state index is 0.0340. The zero-order chi connectivity index (χ0) is 17.7. The summed E-state index contributed by atoms with van der Waals surface area (Å²) in [6, 6.07) is 5.99. The minimum atomic E-state index is -0.0340. The molecule has 26 heavy (non-hydrogen) atoms. The summed E-state index contributed by atoms with van der Waals surface area (Å²) >= 11 is 0. The van der Waals surface area contributed by atoms with Crippen molar-refractivity contribution in [1.82, 2.24) is 19.5 Å². The molecule has 6 nitrogen and oxygen atoms in total. The van der Waals surface area contributed by atoms with E-state index in [2.05, 4.69) is 21.0 Å². The molecule has 2 N–H and O–H groups in total. The highest BCUT2D eigenvalue weighted by atomic mass is 16.5. The Balaban J connectivity index is 1.70. The van der Waals surface area contributed by atoms with E-state index in [9.17, 15) is 4.79 Å². The van der Waals surface area contributed by atoms with Gasteiger partial charge in [0.2, 0.25) is 0 Å². The van der Waals surface area contributed by atoms with Crippen LogP contribution in [0.3, 0.4) is 0 Å². The van der Waals surface area contributed by atoms with Gasteiger partial charge in [-0.25, -0.2) is 4.98 Å². The van der Waals surface area contributed by atoms with Crippen molar-refractivity contribution in [2.24, 2.45) is 13.0 Å². The lowest BCUT2D eigenvalue weighted by atomic mass is 9.86. The first-order valence-corrected chi connectivity index (χ1v) is 8.98. The molecule has 132 valence electrons. The van der Waals surface area contributed by atoms with E-state index in [-0.39, 0.29) is 5.56 Å². The quantitative estimate of drug-likeness (QED) is 0.592. The number of hydrogen-bond donors (Lipinski definition) is 2. The van der Waals surface area contributed by atoms with Crippen LogP contribution in [0.25, 0.3) is 33.1 Å². The van der Waals surface area contributed by atoms with Gasteiger partial charge in [0.15, 0.2) is 0 Å². The van der Waals surface area contributed by atoms with Gasteiger partial charge in [0.1, 0.15) is 11.3 Å². The first-order chi connectivity index (χ1) is 12.7. The fraction of sp³-hybridized carbons (Fsp3) is 0.300. The van der Waals surface area contributed by atoms with Crippen LogP contribution in [-0.2, 0) is 7.05 Å². The topological polar surface area (TPSA) is 75.7 Å². The van der Waals surface area contributed by atoms with Crippen molar-refractivity contribution in [3.63, 3.8) is 0 Å². The molecule has 0 aliphatic heterocycles. The van der Waals surface area contributed by atoms with Crippen LogP contribution in [0.4, 0.5) is 0 Å². The van der Waals surface area contributed by atoms with Crippen molar-refractivity contribution in [3.8, 4) is 16.9 Å². The molecule has 1 aliphatic carbocycles. The van der Waals surface area contributed by atoms with Gasteiger partial charge in [-0.3, -0.25) is 4.79 Å². The second-order valence-electron chi connectivity index (χ2n) is 7.10. The highest BCUT2D eigenvalue weighted by Gasteiger charge is 2.20. The highest BCUT2D eigenvalue weighted by Crippen LogP contribution is 2.37. The first kappa shape index (κ1) is 15.3. The fourth-order valence-electron chi connectivity index (χ4n) is 3.64. The Hall–Kier alpha value is -3.02. The number of hydrogen-bond acceptors (Lipinski definition) is 3. The molecule has 3 heterocycles. The maximum atomic E-state index is 12.4. The van der Waals surface area contributed by atoms with Gasteiger partial charge in [-0.2, -0.15) is 0 Å². The monoisotopic (exact) mass is 348 g/mol. The van der Waals surface area contributed by atoms with Crippen LogP contribution < -0.4 is 10.3 Å². The van der Waals surface area contributed by atoms with Crippen molar-refractivity contribution >= 4 is 21.9 Å². The molecule has 1 fully saturated rings. The largest absolute Gasteiger partial charge is 0.493 e. The molecule has 4 aromatic rings.